The predicted octanol–water partition coefficient (Wildman–Crippen LogP) is 2.43. The normalized spacial score (nSPS) is 34.1. The van der Waals surface area contributed by atoms with Crippen LogP contribution >= 0.6 is 24.0 Å². The number of guanidine groups is 1. The highest BCUT2D eigenvalue weighted by Crippen LogP contribution is 2.51. The number of morpholine rings is 1. The standard InChI is InChI=1S/C20H38N4O2.HI/c1-6-21-18(22-17-13-20(4,25-5)19(17,2)3)24-8-7-16(15-24)14-23-9-11-26-12-10-23;/h16-17H,6-15H2,1-5H3,(H,21,22);1H. The van der Waals surface area contributed by atoms with E-state index in [4.69, 9.17) is 14.5 Å². The Morgan fingerprint density at radius 3 is 2.52 bits per heavy atom. The number of nitrogens with zero attached hydrogens (tertiary/aromatic N) is 3. The van der Waals surface area contributed by atoms with Gasteiger partial charge in [0.2, 0.25) is 0 Å². The van der Waals surface area contributed by atoms with Gasteiger partial charge in [-0.15, -0.1) is 24.0 Å². The Hall–Kier alpha value is -0.120. The highest BCUT2D eigenvalue weighted by Gasteiger charge is 2.58. The van der Waals surface area contributed by atoms with Gasteiger partial charge >= 0.3 is 0 Å². The zero-order valence-corrected chi connectivity index (χ0v) is 20.1. The SMILES string of the molecule is CCN=C(NC1CC(C)(OC)C1(C)C)N1CCC(CN2CCOCC2)C1.I. The molecule has 27 heavy (non-hydrogen) atoms. The summed E-state index contributed by atoms with van der Waals surface area (Å²) in [7, 11) is 1.83. The van der Waals surface area contributed by atoms with Crippen molar-refractivity contribution < 1.29 is 9.47 Å². The fourth-order valence-corrected chi connectivity index (χ4v) is 4.59. The maximum absolute atomic E-state index is 5.78. The minimum Gasteiger partial charge on any atom is -0.379 e. The second kappa shape index (κ2) is 9.59. The molecule has 0 amide bonds. The molecule has 1 saturated carbocycles. The molecule has 3 atom stereocenters. The summed E-state index contributed by atoms with van der Waals surface area (Å²) >= 11 is 0. The van der Waals surface area contributed by atoms with Crippen LogP contribution in [0.25, 0.3) is 0 Å². The molecule has 0 spiro atoms. The molecule has 3 fully saturated rings. The van der Waals surface area contributed by atoms with Crippen molar-refractivity contribution in [1.82, 2.24) is 15.1 Å². The van der Waals surface area contributed by atoms with E-state index in [1.807, 2.05) is 7.11 Å². The van der Waals surface area contributed by atoms with E-state index in [0.717, 1.165) is 64.2 Å². The van der Waals surface area contributed by atoms with E-state index in [1.165, 1.54) is 13.0 Å². The first-order valence-electron chi connectivity index (χ1n) is 10.3. The lowest BCUT2D eigenvalue weighted by Gasteiger charge is -2.59. The molecular formula is C20H39IN4O2. The van der Waals surface area contributed by atoms with Gasteiger partial charge in [-0.25, -0.2) is 0 Å². The second-order valence-corrected chi connectivity index (χ2v) is 8.87. The summed E-state index contributed by atoms with van der Waals surface area (Å²) in [6.07, 6.45) is 2.29. The van der Waals surface area contributed by atoms with Crippen LogP contribution in [0.5, 0.6) is 0 Å². The van der Waals surface area contributed by atoms with Crippen molar-refractivity contribution in [3.8, 4) is 0 Å². The molecule has 3 aliphatic rings. The van der Waals surface area contributed by atoms with Crippen LogP contribution in [0.4, 0.5) is 0 Å². The molecule has 2 heterocycles. The first kappa shape index (κ1) is 23.2. The third-order valence-corrected chi connectivity index (χ3v) is 7.10. The molecule has 158 valence electrons. The molecule has 3 unspecified atom stereocenters. The second-order valence-electron chi connectivity index (χ2n) is 8.87. The number of likely N-dealkylation sites (tertiary alicyclic amines) is 1. The number of aliphatic imine (C=N–C) groups is 1. The number of ether oxygens (including phenoxy) is 2. The van der Waals surface area contributed by atoms with Crippen molar-refractivity contribution in [2.24, 2.45) is 16.3 Å². The number of rotatable bonds is 5. The van der Waals surface area contributed by atoms with Gasteiger partial charge in [0, 0.05) is 57.8 Å². The minimum atomic E-state index is -0.0497. The highest BCUT2D eigenvalue weighted by atomic mass is 127. The molecule has 0 radical (unpaired) electrons. The quantitative estimate of drug-likeness (QED) is 0.362. The summed E-state index contributed by atoms with van der Waals surface area (Å²) in [5.41, 5.74) is 0.0507. The van der Waals surface area contributed by atoms with Crippen molar-refractivity contribution in [2.45, 2.75) is 52.2 Å². The Morgan fingerprint density at radius 1 is 1.22 bits per heavy atom. The number of halogens is 1. The molecule has 6 nitrogen and oxygen atoms in total. The highest BCUT2D eigenvalue weighted by molar-refractivity contribution is 14.0. The van der Waals surface area contributed by atoms with Gasteiger partial charge in [0.15, 0.2) is 5.96 Å². The molecule has 7 heteroatoms. The van der Waals surface area contributed by atoms with Crippen LogP contribution in [-0.2, 0) is 9.47 Å². The number of methoxy groups -OCH3 is 1. The van der Waals surface area contributed by atoms with Crippen LogP contribution in [0.2, 0.25) is 0 Å². The molecule has 0 aromatic carbocycles. The van der Waals surface area contributed by atoms with Crippen LogP contribution in [0.3, 0.4) is 0 Å². The average Bonchev–Trinajstić information content (AvgIpc) is 3.09. The van der Waals surface area contributed by atoms with E-state index in [2.05, 4.69) is 42.8 Å². The Balaban J connectivity index is 0.00000261. The zero-order valence-electron chi connectivity index (χ0n) is 17.8. The minimum absolute atomic E-state index is 0. The first-order valence-corrected chi connectivity index (χ1v) is 10.3. The molecule has 2 aliphatic heterocycles. The first-order chi connectivity index (χ1) is 12.4. The van der Waals surface area contributed by atoms with Gasteiger partial charge in [-0.3, -0.25) is 9.89 Å². The largest absolute Gasteiger partial charge is 0.379 e. The summed E-state index contributed by atoms with van der Waals surface area (Å²) in [6, 6.07) is 0.413. The Morgan fingerprint density at radius 2 is 1.93 bits per heavy atom. The third-order valence-electron chi connectivity index (χ3n) is 7.10. The number of hydrogen-bond acceptors (Lipinski definition) is 4. The van der Waals surface area contributed by atoms with Crippen LogP contribution < -0.4 is 5.32 Å². The van der Waals surface area contributed by atoms with Crippen LogP contribution in [0.1, 0.15) is 40.5 Å². The maximum atomic E-state index is 5.78. The molecule has 3 rings (SSSR count). The molecular weight excluding hydrogens is 455 g/mol. The molecule has 1 N–H and O–H groups in total. The molecule has 0 aromatic rings. The van der Waals surface area contributed by atoms with Gasteiger partial charge < -0.3 is 19.7 Å². The van der Waals surface area contributed by atoms with Crippen molar-refractivity contribution >= 4 is 29.9 Å². The lowest BCUT2D eigenvalue weighted by Crippen LogP contribution is -2.69. The molecule has 0 bridgehead atoms. The van der Waals surface area contributed by atoms with Crippen LogP contribution in [0.15, 0.2) is 4.99 Å². The molecule has 1 aliphatic carbocycles. The van der Waals surface area contributed by atoms with Crippen molar-refractivity contribution in [1.29, 1.82) is 0 Å². The average molecular weight is 494 g/mol. The van der Waals surface area contributed by atoms with Crippen LogP contribution in [-0.4, -0.2) is 87.0 Å². The maximum Gasteiger partial charge on any atom is 0.194 e. The summed E-state index contributed by atoms with van der Waals surface area (Å²) in [5, 5.41) is 3.76. The van der Waals surface area contributed by atoms with Crippen molar-refractivity contribution in [3.63, 3.8) is 0 Å². The molecule has 0 aromatic heterocycles. The van der Waals surface area contributed by atoms with Crippen LogP contribution in [0, 0.1) is 11.3 Å². The van der Waals surface area contributed by atoms with E-state index < -0.39 is 0 Å². The fraction of sp³-hybridized carbons (Fsp3) is 0.950. The summed E-state index contributed by atoms with van der Waals surface area (Å²) in [4.78, 5) is 9.83. The number of nitrogens with one attached hydrogen (secondary N) is 1. The van der Waals surface area contributed by atoms with E-state index >= 15 is 0 Å². The number of hydrogen-bond donors (Lipinski definition) is 1. The van der Waals surface area contributed by atoms with E-state index in [0.29, 0.717) is 6.04 Å². The van der Waals surface area contributed by atoms with Crippen molar-refractivity contribution in [2.75, 3.05) is 59.6 Å². The smallest absolute Gasteiger partial charge is 0.194 e. The Kier molecular flexibility index (Phi) is 8.22. The summed E-state index contributed by atoms with van der Waals surface area (Å²) in [6.45, 7) is 17.1. The van der Waals surface area contributed by atoms with E-state index in [9.17, 15) is 0 Å². The van der Waals surface area contributed by atoms with Crippen molar-refractivity contribution in [3.05, 3.63) is 0 Å². The molecule has 2 saturated heterocycles. The monoisotopic (exact) mass is 494 g/mol. The Labute approximate surface area is 182 Å². The topological polar surface area (TPSA) is 49.3 Å². The summed E-state index contributed by atoms with van der Waals surface area (Å²) in [5.74, 6) is 1.82. The van der Waals surface area contributed by atoms with Gasteiger partial charge in [0.05, 0.1) is 18.8 Å². The zero-order chi connectivity index (χ0) is 18.8. The van der Waals surface area contributed by atoms with E-state index in [1.54, 1.807) is 0 Å². The lowest BCUT2D eigenvalue weighted by molar-refractivity contribution is -0.176. The van der Waals surface area contributed by atoms with Gasteiger partial charge in [-0.1, -0.05) is 13.8 Å². The third kappa shape index (κ3) is 4.90. The fourth-order valence-electron chi connectivity index (χ4n) is 4.59. The predicted molar refractivity (Wildman–Crippen MR) is 121 cm³/mol. The van der Waals surface area contributed by atoms with Gasteiger partial charge in [0.1, 0.15) is 0 Å². The Bertz CT molecular complexity index is 510. The summed E-state index contributed by atoms with van der Waals surface area (Å²) < 4.78 is 11.3. The van der Waals surface area contributed by atoms with Gasteiger partial charge in [-0.05, 0) is 32.6 Å². The van der Waals surface area contributed by atoms with Gasteiger partial charge in [-0.2, -0.15) is 0 Å². The van der Waals surface area contributed by atoms with Gasteiger partial charge in [0.25, 0.3) is 0 Å². The van der Waals surface area contributed by atoms with E-state index in [-0.39, 0.29) is 35.0 Å². The lowest BCUT2D eigenvalue weighted by atomic mass is 9.56.